The minimum absolute atomic E-state index is 0.824. The highest BCUT2D eigenvalue weighted by Gasteiger charge is 2.14. The third kappa shape index (κ3) is 3.87. The number of thiazole rings is 1. The lowest BCUT2D eigenvalue weighted by atomic mass is 10.1. The largest absolute Gasteiger partial charge is 0.371 e. The van der Waals surface area contributed by atoms with Crippen LogP contribution in [0.4, 0.5) is 10.8 Å². The van der Waals surface area contributed by atoms with Gasteiger partial charge in [-0.1, -0.05) is 22.0 Å². The van der Waals surface area contributed by atoms with Gasteiger partial charge < -0.3 is 4.90 Å². The van der Waals surface area contributed by atoms with Crippen LogP contribution in [0.25, 0.3) is 0 Å². The molecule has 1 aliphatic heterocycles. The van der Waals surface area contributed by atoms with E-state index in [1.807, 2.05) is 18.5 Å². The first-order valence-corrected chi connectivity index (χ1v) is 9.15. The van der Waals surface area contributed by atoms with Gasteiger partial charge in [-0.25, -0.2) is 4.98 Å². The summed E-state index contributed by atoms with van der Waals surface area (Å²) < 4.78 is 1.11. The van der Waals surface area contributed by atoms with Gasteiger partial charge in [0.25, 0.3) is 0 Å². The summed E-state index contributed by atoms with van der Waals surface area (Å²) in [7, 11) is 0. The van der Waals surface area contributed by atoms with E-state index in [2.05, 4.69) is 54.5 Å². The van der Waals surface area contributed by atoms with Gasteiger partial charge in [0.1, 0.15) is 0 Å². The molecule has 2 aromatic rings. The number of piperidine rings is 1. The molecular formula is C16H19BrN4S. The molecule has 1 N–H and O–H groups in total. The Morgan fingerprint density at radius 1 is 1.32 bits per heavy atom. The lowest BCUT2D eigenvalue weighted by molar-refractivity contribution is 0.577. The average Bonchev–Trinajstić information content (AvgIpc) is 2.95. The molecule has 0 spiro atoms. The first-order valence-electron chi connectivity index (χ1n) is 7.48. The quantitative estimate of drug-likeness (QED) is 0.621. The molecule has 0 saturated carbocycles. The Bertz CT molecular complexity index is 662. The van der Waals surface area contributed by atoms with Crippen molar-refractivity contribution in [2.45, 2.75) is 26.2 Å². The van der Waals surface area contributed by atoms with Gasteiger partial charge in [-0.15, -0.1) is 11.3 Å². The number of benzene rings is 1. The van der Waals surface area contributed by atoms with E-state index < -0.39 is 0 Å². The first-order chi connectivity index (χ1) is 10.7. The zero-order valence-electron chi connectivity index (χ0n) is 12.6. The van der Waals surface area contributed by atoms with Crippen molar-refractivity contribution in [2.24, 2.45) is 5.10 Å². The molecule has 0 bridgehead atoms. The molecular weight excluding hydrogens is 360 g/mol. The summed E-state index contributed by atoms with van der Waals surface area (Å²) in [6, 6.07) is 6.34. The summed E-state index contributed by atoms with van der Waals surface area (Å²) >= 11 is 5.14. The molecule has 3 rings (SSSR count). The lowest BCUT2D eigenvalue weighted by Gasteiger charge is -2.30. The normalized spacial score (nSPS) is 15.5. The van der Waals surface area contributed by atoms with Gasteiger partial charge in [0.2, 0.25) is 5.13 Å². The molecule has 1 aromatic heterocycles. The van der Waals surface area contributed by atoms with E-state index in [9.17, 15) is 0 Å². The van der Waals surface area contributed by atoms with E-state index in [0.717, 1.165) is 34.0 Å². The average molecular weight is 379 g/mol. The SMILES string of the molecule is Cc1csc(NN=Cc2ccc(Br)cc2N2CCCCC2)n1. The van der Waals surface area contributed by atoms with E-state index in [1.54, 1.807) is 11.3 Å². The van der Waals surface area contributed by atoms with Crippen molar-refractivity contribution in [2.75, 3.05) is 23.4 Å². The number of nitrogens with one attached hydrogen (secondary N) is 1. The molecule has 0 aliphatic carbocycles. The lowest BCUT2D eigenvalue weighted by Crippen LogP contribution is -2.30. The molecule has 6 heteroatoms. The van der Waals surface area contributed by atoms with Gasteiger partial charge >= 0.3 is 0 Å². The van der Waals surface area contributed by atoms with Crippen LogP contribution in [0.1, 0.15) is 30.5 Å². The Labute approximate surface area is 143 Å². The molecule has 0 unspecified atom stereocenters. The van der Waals surface area contributed by atoms with Gasteiger partial charge in [0.15, 0.2) is 0 Å². The highest BCUT2D eigenvalue weighted by Crippen LogP contribution is 2.27. The summed E-state index contributed by atoms with van der Waals surface area (Å²) in [5.41, 5.74) is 6.40. The fourth-order valence-electron chi connectivity index (χ4n) is 2.60. The van der Waals surface area contributed by atoms with Crippen molar-refractivity contribution in [3.05, 3.63) is 39.3 Å². The zero-order valence-corrected chi connectivity index (χ0v) is 15.0. The maximum absolute atomic E-state index is 4.34. The number of aromatic nitrogens is 1. The Morgan fingerprint density at radius 3 is 2.86 bits per heavy atom. The third-order valence-electron chi connectivity index (χ3n) is 3.67. The van der Waals surface area contributed by atoms with Gasteiger partial charge in [0, 0.05) is 34.2 Å². The van der Waals surface area contributed by atoms with E-state index in [-0.39, 0.29) is 0 Å². The second kappa shape index (κ2) is 7.24. The van der Waals surface area contributed by atoms with Gasteiger partial charge in [-0.2, -0.15) is 5.10 Å². The van der Waals surface area contributed by atoms with Gasteiger partial charge in [-0.05, 0) is 38.3 Å². The van der Waals surface area contributed by atoms with Crippen LogP contribution in [0, 0.1) is 6.92 Å². The number of anilines is 2. The van der Waals surface area contributed by atoms with E-state index in [0.29, 0.717) is 0 Å². The molecule has 2 heterocycles. The fourth-order valence-corrected chi connectivity index (χ4v) is 3.58. The molecule has 1 fully saturated rings. The summed E-state index contributed by atoms with van der Waals surface area (Å²) in [5.74, 6) is 0. The predicted molar refractivity (Wildman–Crippen MR) is 98.3 cm³/mol. The maximum Gasteiger partial charge on any atom is 0.203 e. The van der Waals surface area contributed by atoms with Crippen LogP contribution < -0.4 is 10.3 Å². The van der Waals surface area contributed by atoms with Crippen LogP contribution in [0.3, 0.4) is 0 Å². The third-order valence-corrected chi connectivity index (χ3v) is 5.03. The molecule has 0 atom stereocenters. The molecule has 1 saturated heterocycles. The number of hydrogen-bond donors (Lipinski definition) is 1. The zero-order chi connectivity index (χ0) is 15.4. The Kier molecular flexibility index (Phi) is 5.10. The van der Waals surface area contributed by atoms with E-state index >= 15 is 0 Å². The Hall–Kier alpha value is -1.40. The predicted octanol–water partition coefficient (Wildman–Crippen LogP) is 4.65. The van der Waals surface area contributed by atoms with Crippen molar-refractivity contribution >= 4 is 44.3 Å². The standard InChI is InChI=1S/C16H19BrN4S/c1-12-11-22-16(19-12)20-18-10-13-5-6-14(17)9-15(13)21-7-3-2-4-8-21/h5-6,9-11H,2-4,7-8H2,1H3,(H,19,20). The molecule has 4 nitrogen and oxygen atoms in total. The molecule has 0 radical (unpaired) electrons. The number of hydrogen-bond acceptors (Lipinski definition) is 5. The number of aryl methyl sites for hydroxylation is 1. The topological polar surface area (TPSA) is 40.5 Å². The van der Waals surface area contributed by atoms with Crippen LogP contribution >= 0.6 is 27.3 Å². The van der Waals surface area contributed by atoms with Crippen LogP contribution in [-0.2, 0) is 0 Å². The van der Waals surface area contributed by atoms with Crippen molar-refractivity contribution in [3.8, 4) is 0 Å². The van der Waals surface area contributed by atoms with Crippen LogP contribution in [0.5, 0.6) is 0 Å². The minimum atomic E-state index is 0.824. The highest BCUT2D eigenvalue weighted by molar-refractivity contribution is 9.10. The van der Waals surface area contributed by atoms with Crippen molar-refractivity contribution in [1.29, 1.82) is 0 Å². The highest BCUT2D eigenvalue weighted by atomic mass is 79.9. The summed E-state index contributed by atoms with van der Waals surface area (Å²) in [4.78, 5) is 6.79. The summed E-state index contributed by atoms with van der Waals surface area (Å²) in [5, 5.41) is 7.18. The van der Waals surface area contributed by atoms with Crippen molar-refractivity contribution in [1.82, 2.24) is 4.98 Å². The summed E-state index contributed by atoms with van der Waals surface area (Å²) in [6.07, 6.45) is 5.74. The van der Waals surface area contributed by atoms with Crippen LogP contribution in [0.15, 0.2) is 33.2 Å². The number of rotatable bonds is 4. The second-order valence-corrected chi connectivity index (χ2v) is 7.19. The monoisotopic (exact) mass is 378 g/mol. The fraction of sp³-hybridized carbons (Fsp3) is 0.375. The molecule has 116 valence electrons. The van der Waals surface area contributed by atoms with Crippen molar-refractivity contribution < 1.29 is 0 Å². The molecule has 22 heavy (non-hydrogen) atoms. The number of hydrazone groups is 1. The van der Waals surface area contributed by atoms with Crippen molar-refractivity contribution in [3.63, 3.8) is 0 Å². The second-order valence-electron chi connectivity index (χ2n) is 5.41. The number of nitrogens with zero attached hydrogens (tertiary/aromatic N) is 3. The van der Waals surface area contributed by atoms with Gasteiger partial charge in [0.05, 0.1) is 11.9 Å². The Balaban J connectivity index is 1.77. The minimum Gasteiger partial charge on any atom is -0.371 e. The smallest absolute Gasteiger partial charge is 0.203 e. The number of halogens is 1. The van der Waals surface area contributed by atoms with E-state index in [1.165, 1.54) is 24.9 Å². The summed E-state index contributed by atoms with van der Waals surface area (Å²) in [6.45, 7) is 4.22. The van der Waals surface area contributed by atoms with Crippen LogP contribution in [0.2, 0.25) is 0 Å². The van der Waals surface area contributed by atoms with Gasteiger partial charge in [-0.3, -0.25) is 5.43 Å². The Morgan fingerprint density at radius 2 is 2.14 bits per heavy atom. The molecule has 1 aromatic carbocycles. The first kappa shape index (κ1) is 15.5. The molecule has 0 amide bonds. The van der Waals surface area contributed by atoms with E-state index in [4.69, 9.17) is 0 Å². The van der Waals surface area contributed by atoms with Crippen LogP contribution in [-0.4, -0.2) is 24.3 Å². The maximum atomic E-state index is 4.34. The molecule has 1 aliphatic rings.